The van der Waals surface area contributed by atoms with E-state index in [1.54, 1.807) is 0 Å². The number of hydrogen-bond donors (Lipinski definition) is 1. The van der Waals surface area contributed by atoms with Crippen molar-refractivity contribution in [2.24, 2.45) is 0 Å². The van der Waals surface area contributed by atoms with Gasteiger partial charge in [0.2, 0.25) is 0 Å². The fraction of sp³-hybridized carbons (Fsp3) is 0.182. The van der Waals surface area contributed by atoms with E-state index in [-0.39, 0.29) is 5.97 Å². The lowest BCUT2D eigenvalue weighted by atomic mass is 10.1. The Labute approximate surface area is 95.6 Å². The van der Waals surface area contributed by atoms with Crippen LogP contribution in [0.4, 0.5) is 0 Å². The maximum atomic E-state index is 11.5. The zero-order valence-corrected chi connectivity index (χ0v) is 9.80. The predicted molar refractivity (Wildman–Crippen MR) is 62.3 cm³/mol. The third-order valence-corrected chi connectivity index (χ3v) is 2.94. The third kappa shape index (κ3) is 1.77. The van der Waals surface area contributed by atoms with Crippen LogP contribution in [0.3, 0.4) is 0 Å². The highest BCUT2D eigenvalue weighted by atomic mass is 79.9. The molecular formula is C11H10BrNO2. The molecule has 1 aromatic carbocycles. The highest BCUT2D eigenvalue weighted by molar-refractivity contribution is 9.08. The van der Waals surface area contributed by atoms with Crippen LogP contribution in [-0.4, -0.2) is 18.1 Å². The molecule has 15 heavy (non-hydrogen) atoms. The first kappa shape index (κ1) is 10.2. The van der Waals surface area contributed by atoms with E-state index in [1.165, 1.54) is 7.11 Å². The van der Waals surface area contributed by atoms with Gasteiger partial charge in [0, 0.05) is 22.4 Å². The van der Waals surface area contributed by atoms with E-state index < -0.39 is 0 Å². The second kappa shape index (κ2) is 4.06. The number of methoxy groups -OCH3 is 1. The largest absolute Gasteiger partial charge is 0.465 e. The van der Waals surface area contributed by atoms with Crippen molar-refractivity contribution in [2.75, 3.05) is 7.11 Å². The summed E-state index contributed by atoms with van der Waals surface area (Å²) in [7, 11) is 1.39. The summed E-state index contributed by atoms with van der Waals surface area (Å²) in [5, 5.41) is 1.61. The molecule has 0 aliphatic heterocycles. The number of hydrogen-bond acceptors (Lipinski definition) is 2. The topological polar surface area (TPSA) is 42.1 Å². The van der Waals surface area contributed by atoms with Gasteiger partial charge in [-0.15, -0.1) is 0 Å². The Bertz CT molecular complexity index is 504. The van der Waals surface area contributed by atoms with Crippen molar-refractivity contribution in [3.05, 3.63) is 35.5 Å². The number of nitrogens with one attached hydrogen (secondary N) is 1. The minimum atomic E-state index is -0.303. The summed E-state index contributed by atoms with van der Waals surface area (Å²) in [6.07, 6.45) is 1.81. The molecule has 0 radical (unpaired) electrons. The number of rotatable bonds is 2. The number of esters is 1. The van der Waals surface area contributed by atoms with E-state index in [0.29, 0.717) is 10.9 Å². The first-order chi connectivity index (χ1) is 7.26. The lowest BCUT2D eigenvalue weighted by Crippen LogP contribution is -2.02. The molecule has 1 heterocycles. The molecule has 2 aromatic rings. The van der Waals surface area contributed by atoms with Crippen molar-refractivity contribution >= 4 is 32.8 Å². The van der Waals surface area contributed by atoms with E-state index in [1.807, 2.05) is 24.4 Å². The number of carbonyl (C=O) groups is 1. The van der Waals surface area contributed by atoms with E-state index in [0.717, 1.165) is 16.5 Å². The highest BCUT2D eigenvalue weighted by Crippen LogP contribution is 2.22. The number of aromatic amines is 1. The Morgan fingerprint density at radius 2 is 2.33 bits per heavy atom. The van der Waals surface area contributed by atoms with Gasteiger partial charge in [0.1, 0.15) is 0 Å². The maximum absolute atomic E-state index is 11.5. The van der Waals surface area contributed by atoms with Gasteiger partial charge in [-0.3, -0.25) is 0 Å². The van der Waals surface area contributed by atoms with Gasteiger partial charge in [0.15, 0.2) is 0 Å². The second-order valence-corrected chi connectivity index (χ2v) is 3.77. The molecule has 1 N–H and O–H groups in total. The van der Waals surface area contributed by atoms with Gasteiger partial charge in [-0.25, -0.2) is 4.79 Å². The van der Waals surface area contributed by atoms with E-state index in [9.17, 15) is 4.79 Å². The summed E-state index contributed by atoms with van der Waals surface area (Å²) >= 11 is 3.37. The molecule has 0 aliphatic rings. The first-order valence-electron chi connectivity index (χ1n) is 4.50. The van der Waals surface area contributed by atoms with Crippen LogP contribution in [-0.2, 0) is 10.1 Å². The molecule has 0 spiro atoms. The molecule has 3 nitrogen and oxygen atoms in total. The number of ether oxygens (including phenoxy) is 1. The number of benzene rings is 1. The molecule has 1 aromatic heterocycles. The minimum Gasteiger partial charge on any atom is -0.465 e. The lowest BCUT2D eigenvalue weighted by molar-refractivity contribution is 0.0603. The standard InChI is InChI=1S/C11H10BrNO2/c1-15-11(14)9-4-7(6-12)5-10-8(9)2-3-13-10/h2-5,13H,6H2,1H3. The summed E-state index contributed by atoms with van der Waals surface area (Å²) in [6.45, 7) is 0. The van der Waals surface area contributed by atoms with Gasteiger partial charge < -0.3 is 9.72 Å². The number of H-pyrrole nitrogens is 1. The molecule has 0 unspecified atom stereocenters. The average Bonchev–Trinajstić information content (AvgIpc) is 2.74. The quantitative estimate of drug-likeness (QED) is 0.672. The van der Waals surface area contributed by atoms with Gasteiger partial charge in [-0.2, -0.15) is 0 Å². The molecule has 0 atom stereocenters. The molecule has 0 saturated carbocycles. The molecule has 0 aliphatic carbocycles. The molecule has 0 saturated heterocycles. The predicted octanol–water partition coefficient (Wildman–Crippen LogP) is 2.85. The summed E-state index contributed by atoms with van der Waals surface area (Å²) in [6, 6.07) is 5.73. The van der Waals surface area contributed by atoms with Crippen molar-refractivity contribution in [3.63, 3.8) is 0 Å². The van der Waals surface area contributed by atoms with E-state index in [4.69, 9.17) is 4.74 Å². The summed E-state index contributed by atoms with van der Waals surface area (Å²) in [4.78, 5) is 14.6. The molecule has 0 amide bonds. The Morgan fingerprint density at radius 1 is 1.53 bits per heavy atom. The normalized spacial score (nSPS) is 10.5. The number of halogens is 1. The minimum absolute atomic E-state index is 0.303. The molecule has 0 fully saturated rings. The fourth-order valence-electron chi connectivity index (χ4n) is 1.58. The van der Waals surface area contributed by atoms with Crippen molar-refractivity contribution in [1.29, 1.82) is 0 Å². The van der Waals surface area contributed by atoms with Crippen molar-refractivity contribution in [3.8, 4) is 0 Å². The first-order valence-corrected chi connectivity index (χ1v) is 5.62. The zero-order chi connectivity index (χ0) is 10.8. The molecule has 0 bridgehead atoms. The number of fused-ring (bicyclic) bond motifs is 1. The second-order valence-electron chi connectivity index (χ2n) is 3.21. The van der Waals surface area contributed by atoms with E-state index >= 15 is 0 Å². The van der Waals surface area contributed by atoms with Crippen LogP contribution >= 0.6 is 15.9 Å². The zero-order valence-electron chi connectivity index (χ0n) is 8.21. The molecule has 2 rings (SSSR count). The molecular weight excluding hydrogens is 258 g/mol. The van der Waals surface area contributed by atoms with Crippen LogP contribution in [0, 0.1) is 0 Å². The maximum Gasteiger partial charge on any atom is 0.338 e. The molecule has 78 valence electrons. The smallest absolute Gasteiger partial charge is 0.338 e. The van der Waals surface area contributed by atoms with Gasteiger partial charge in [0.05, 0.1) is 12.7 Å². The Hall–Kier alpha value is -1.29. The number of carbonyl (C=O) groups excluding carboxylic acids is 1. The van der Waals surface area contributed by atoms with Crippen LogP contribution < -0.4 is 0 Å². The Morgan fingerprint density at radius 3 is 3.00 bits per heavy atom. The van der Waals surface area contributed by atoms with Gasteiger partial charge >= 0.3 is 5.97 Å². The lowest BCUT2D eigenvalue weighted by Gasteiger charge is -2.03. The highest BCUT2D eigenvalue weighted by Gasteiger charge is 2.12. The Balaban J connectivity index is 2.68. The van der Waals surface area contributed by atoms with Crippen LogP contribution in [0.15, 0.2) is 24.4 Å². The fourth-order valence-corrected chi connectivity index (χ4v) is 1.91. The summed E-state index contributed by atoms with van der Waals surface area (Å²) in [5.74, 6) is -0.303. The van der Waals surface area contributed by atoms with Crippen LogP contribution in [0.2, 0.25) is 0 Å². The summed E-state index contributed by atoms with van der Waals surface area (Å²) in [5.41, 5.74) is 2.60. The SMILES string of the molecule is COC(=O)c1cc(CBr)cc2[nH]ccc12. The number of alkyl halides is 1. The van der Waals surface area contributed by atoms with Gasteiger partial charge in [-0.1, -0.05) is 15.9 Å². The van der Waals surface area contributed by atoms with Crippen LogP contribution in [0.25, 0.3) is 10.9 Å². The summed E-state index contributed by atoms with van der Waals surface area (Å²) < 4.78 is 4.75. The van der Waals surface area contributed by atoms with Crippen LogP contribution in [0.5, 0.6) is 0 Å². The Kier molecular flexibility index (Phi) is 2.77. The van der Waals surface area contributed by atoms with Crippen molar-refractivity contribution < 1.29 is 9.53 Å². The number of aromatic nitrogens is 1. The van der Waals surface area contributed by atoms with Gasteiger partial charge in [0.25, 0.3) is 0 Å². The van der Waals surface area contributed by atoms with Gasteiger partial charge in [-0.05, 0) is 23.8 Å². The van der Waals surface area contributed by atoms with Crippen molar-refractivity contribution in [2.45, 2.75) is 5.33 Å². The molecule has 4 heteroatoms. The van der Waals surface area contributed by atoms with E-state index in [2.05, 4.69) is 20.9 Å². The third-order valence-electron chi connectivity index (χ3n) is 2.29. The van der Waals surface area contributed by atoms with Crippen LogP contribution in [0.1, 0.15) is 15.9 Å². The van der Waals surface area contributed by atoms with Crippen molar-refractivity contribution in [1.82, 2.24) is 4.98 Å². The monoisotopic (exact) mass is 267 g/mol. The average molecular weight is 268 g/mol.